The highest BCUT2D eigenvalue weighted by molar-refractivity contribution is 5.88. The van der Waals surface area contributed by atoms with Gasteiger partial charge in [0.2, 0.25) is 0 Å². The number of para-hydroxylation sites is 1. The number of aromatic nitrogens is 1. The summed E-state index contributed by atoms with van der Waals surface area (Å²) < 4.78 is 38.7. The van der Waals surface area contributed by atoms with Crippen LogP contribution in [0.25, 0.3) is 22.2 Å². The second kappa shape index (κ2) is 4.16. The molecule has 0 spiro atoms. The van der Waals surface area contributed by atoms with Gasteiger partial charge in [-0.15, -0.1) is 0 Å². The number of nitrogens with one attached hydrogen (secondary N) is 1. The Hall–Kier alpha value is -2.23. The molecule has 19 heavy (non-hydrogen) atoms. The summed E-state index contributed by atoms with van der Waals surface area (Å²) in [6.07, 6.45) is -4.35. The first kappa shape index (κ1) is 11.8. The topological polar surface area (TPSA) is 15.8 Å². The minimum absolute atomic E-state index is 0.133. The van der Waals surface area contributed by atoms with Crippen molar-refractivity contribution in [3.05, 3.63) is 60.2 Å². The van der Waals surface area contributed by atoms with Gasteiger partial charge in [0.25, 0.3) is 0 Å². The number of benzene rings is 2. The van der Waals surface area contributed by atoms with Crippen molar-refractivity contribution < 1.29 is 13.2 Å². The van der Waals surface area contributed by atoms with Gasteiger partial charge in [0.15, 0.2) is 0 Å². The van der Waals surface area contributed by atoms with Crippen molar-refractivity contribution in [2.75, 3.05) is 0 Å². The zero-order valence-corrected chi connectivity index (χ0v) is 9.83. The molecule has 1 nitrogen and oxygen atoms in total. The van der Waals surface area contributed by atoms with Gasteiger partial charge < -0.3 is 4.98 Å². The molecule has 3 aromatic rings. The molecule has 0 unspecified atom stereocenters. The summed E-state index contributed by atoms with van der Waals surface area (Å²) >= 11 is 0. The Morgan fingerprint density at radius 3 is 2.26 bits per heavy atom. The first-order chi connectivity index (χ1) is 9.05. The molecule has 0 bridgehead atoms. The van der Waals surface area contributed by atoms with E-state index in [-0.39, 0.29) is 5.52 Å². The van der Waals surface area contributed by atoms with Crippen molar-refractivity contribution in [1.29, 1.82) is 0 Å². The highest BCUT2D eigenvalue weighted by Crippen LogP contribution is 2.35. The summed E-state index contributed by atoms with van der Waals surface area (Å²) in [5.41, 5.74) is 1.06. The van der Waals surface area contributed by atoms with E-state index < -0.39 is 11.7 Å². The van der Waals surface area contributed by atoms with Crippen LogP contribution in [0.5, 0.6) is 0 Å². The summed E-state index contributed by atoms with van der Waals surface area (Å²) in [4.78, 5) is 2.87. The predicted molar refractivity (Wildman–Crippen MR) is 68.7 cm³/mol. The third kappa shape index (κ3) is 2.10. The monoisotopic (exact) mass is 261 g/mol. The van der Waals surface area contributed by atoms with Crippen molar-refractivity contribution in [2.45, 2.75) is 6.18 Å². The van der Waals surface area contributed by atoms with Gasteiger partial charge >= 0.3 is 6.18 Å². The first-order valence-electron chi connectivity index (χ1n) is 5.80. The van der Waals surface area contributed by atoms with E-state index in [1.807, 2.05) is 30.3 Å². The van der Waals surface area contributed by atoms with E-state index in [0.29, 0.717) is 11.1 Å². The zero-order chi connectivity index (χ0) is 13.5. The lowest BCUT2D eigenvalue weighted by Gasteiger charge is -2.07. The van der Waals surface area contributed by atoms with E-state index in [0.717, 1.165) is 11.6 Å². The highest BCUT2D eigenvalue weighted by Gasteiger charge is 2.33. The SMILES string of the molecule is FC(F)(F)c1cccc2cc(-c3ccccc3)[nH]c12. The molecule has 0 amide bonds. The number of aromatic amines is 1. The molecule has 0 aliphatic heterocycles. The second-order valence-corrected chi connectivity index (χ2v) is 4.32. The molecule has 4 heteroatoms. The van der Waals surface area contributed by atoms with Crippen LogP contribution in [-0.4, -0.2) is 4.98 Å². The molecule has 0 fully saturated rings. The number of hydrogen-bond acceptors (Lipinski definition) is 0. The van der Waals surface area contributed by atoms with Crippen LogP contribution in [0.2, 0.25) is 0 Å². The molecule has 1 heterocycles. The van der Waals surface area contributed by atoms with Gasteiger partial charge in [-0.05, 0) is 17.7 Å². The average molecular weight is 261 g/mol. The molecule has 1 N–H and O–H groups in total. The third-order valence-corrected chi connectivity index (χ3v) is 3.05. The summed E-state index contributed by atoms with van der Waals surface area (Å²) in [5.74, 6) is 0. The molecule has 96 valence electrons. The van der Waals surface area contributed by atoms with Crippen LogP contribution in [-0.2, 0) is 6.18 Å². The minimum atomic E-state index is -4.35. The molecular formula is C15H10F3N. The maximum atomic E-state index is 12.9. The van der Waals surface area contributed by atoms with E-state index >= 15 is 0 Å². The minimum Gasteiger partial charge on any atom is -0.354 e. The van der Waals surface area contributed by atoms with E-state index in [1.165, 1.54) is 6.07 Å². The fraction of sp³-hybridized carbons (Fsp3) is 0.0667. The second-order valence-electron chi connectivity index (χ2n) is 4.32. The Morgan fingerprint density at radius 2 is 1.58 bits per heavy atom. The van der Waals surface area contributed by atoms with Crippen LogP contribution in [0.1, 0.15) is 5.56 Å². The predicted octanol–water partition coefficient (Wildman–Crippen LogP) is 4.85. The van der Waals surface area contributed by atoms with Crippen molar-refractivity contribution >= 4 is 10.9 Å². The number of alkyl halides is 3. The Kier molecular flexibility index (Phi) is 2.59. The van der Waals surface area contributed by atoms with Crippen LogP contribution in [0, 0.1) is 0 Å². The lowest BCUT2D eigenvalue weighted by molar-refractivity contribution is -0.136. The first-order valence-corrected chi connectivity index (χ1v) is 5.80. The van der Waals surface area contributed by atoms with Crippen molar-refractivity contribution in [1.82, 2.24) is 4.98 Å². The Balaban J connectivity index is 2.22. The number of fused-ring (bicyclic) bond motifs is 1. The molecule has 0 saturated carbocycles. The van der Waals surface area contributed by atoms with Gasteiger partial charge in [-0.3, -0.25) is 0 Å². The number of rotatable bonds is 1. The molecule has 0 saturated heterocycles. The van der Waals surface area contributed by atoms with Gasteiger partial charge in [0.05, 0.1) is 11.1 Å². The van der Waals surface area contributed by atoms with Gasteiger partial charge in [-0.25, -0.2) is 0 Å². The van der Waals surface area contributed by atoms with E-state index in [2.05, 4.69) is 4.98 Å². The molecule has 0 radical (unpaired) electrons. The zero-order valence-electron chi connectivity index (χ0n) is 9.83. The normalized spacial score (nSPS) is 11.9. The average Bonchev–Trinajstić information content (AvgIpc) is 2.82. The lowest BCUT2D eigenvalue weighted by atomic mass is 10.1. The number of halogens is 3. The van der Waals surface area contributed by atoms with Crippen molar-refractivity contribution in [3.8, 4) is 11.3 Å². The number of H-pyrrole nitrogens is 1. The van der Waals surface area contributed by atoms with Crippen molar-refractivity contribution in [2.24, 2.45) is 0 Å². The summed E-state index contributed by atoms with van der Waals surface area (Å²) in [5, 5.41) is 0.564. The van der Waals surface area contributed by atoms with Gasteiger partial charge in [-0.1, -0.05) is 42.5 Å². The highest BCUT2D eigenvalue weighted by atomic mass is 19.4. The lowest BCUT2D eigenvalue weighted by Crippen LogP contribution is -2.05. The smallest absolute Gasteiger partial charge is 0.354 e. The van der Waals surface area contributed by atoms with E-state index in [9.17, 15) is 13.2 Å². The Bertz CT molecular complexity index is 711. The molecule has 0 aliphatic carbocycles. The fourth-order valence-electron chi connectivity index (χ4n) is 2.17. The summed E-state index contributed by atoms with van der Waals surface area (Å²) in [7, 11) is 0. The molecule has 2 aromatic carbocycles. The summed E-state index contributed by atoms with van der Waals surface area (Å²) in [6, 6.07) is 15.2. The Labute approximate surface area is 107 Å². The molecule has 0 aliphatic rings. The van der Waals surface area contributed by atoms with Crippen LogP contribution in [0.15, 0.2) is 54.6 Å². The standard InChI is InChI=1S/C15H10F3N/c16-15(17,18)12-8-4-7-11-9-13(19-14(11)12)10-5-2-1-3-6-10/h1-9,19H. The van der Waals surface area contributed by atoms with Gasteiger partial charge in [0.1, 0.15) is 0 Å². The van der Waals surface area contributed by atoms with Gasteiger partial charge in [0, 0.05) is 11.1 Å². The van der Waals surface area contributed by atoms with Crippen LogP contribution in [0.3, 0.4) is 0 Å². The molecular weight excluding hydrogens is 251 g/mol. The molecule has 3 rings (SSSR count). The van der Waals surface area contributed by atoms with E-state index in [1.54, 1.807) is 12.1 Å². The van der Waals surface area contributed by atoms with Gasteiger partial charge in [-0.2, -0.15) is 13.2 Å². The molecule has 0 atom stereocenters. The maximum absolute atomic E-state index is 12.9. The maximum Gasteiger partial charge on any atom is 0.418 e. The van der Waals surface area contributed by atoms with Crippen LogP contribution >= 0.6 is 0 Å². The molecule has 1 aromatic heterocycles. The van der Waals surface area contributed by atoms with Crippen molar-refractivity contribution in [3.63, 3.8) is 0 Å². The fourth-order valence-corrected chi connectivity index (χ4v) is 2.17. The summed E-state index contributed by atoms with van der Waals surface area (Å²) in [6.45, 7) is 0. The third-order valence-electron chi connectivity index (χ3n) is 3.05. The largest absolute Gasteiger partial charge is 0.418 e. The Morgan fingerprint density at radius 1 is 0.842 bits per heavy atom. The van der Waals surface area contributed by atoms with Crippen LogP contribution in [0.4, 0.5) is 13.2 Å². The van der Waals surface area contributed by atoms with Crippen LogP contribution < -0.4 is 0 Å². The quantitative estimate of drug-likeness (QED) is 0.644. The van der Waals surface area contributed by atoms with E-state index in [4.69, 9.17) is 0 Å². The number of hydrogen-bond donors (Lipinski definition) is 1.